The minimum Gasteiger partial charge on any atom is -0.287 e. The Morgan fingerprint density at radius 3 is 2.92 bits per heavy atom. The summed E-state index contributed by atoms with van der Waals surface area (Å²) in [6.07, 6.45) is 4.31. The van der Waals surface area contributed by atoms with E-state index in [1.165, 1.54) is 34.7 Å². The molecule has 2 heterocycles. The summed E-state index contributed by atoms with van der Waals surface area (Å²) in [4.78, 5) is 20.0. The lowest BCUT2D eigenvalue weighted by Gasteiger charge is -2.12. The number of aromatic nitrogens is 2. The number of halogens is 2. The number of hydrogen-bond donors (Lipinski definition) is 0. The van der Waals surface area contributed by atoms with Gasteiger partial charge in [0.1, 0.15) is 10.6 Å². The Hall–Kier alpha value is -1.37. The van der Waals surface area contributed by atoms with E-state index in [1.54, 1.807) is 28.0 Å². The van der Waals surface area contributed by atoms with Gasteiger partial charge >= 0.3 is 0 Å². The Bertz CT molecular complexity index is 1020. The molecule has 0 amide bonds. The maximum Gasteiger partial charge on any atom is 0.263 e. The molecule has 26 heavy (non-hydrogen) atoms. The van der Waals surface area contributed by atoms with Gasteiger partial charge in [-0.15, -0.1) is 11.3 Å². The van der Waals surface area contributed by atoms with Crippen molar-refractivity contribution < 1.29 is 4.39 Å². The minimum absolute atomic E-state index is 0.0269. The van der Waals surface area contributed by atoms with Crippen LogP contribution in [0.5, 0.6) is 0 Å². The number of benzene rings is 1. The van der Waals surface area contributed by atoms with Crippen LogP contribution < -0.4 is 5.56 Å². The standard InChI is InChI=1S/C19H18ClFN2OS2/c1-2-23-18(24)16-11-6-3-4-9-15(11)26-17(16)22-19(23)25-10-12-13(20)7-5-8-14(12)21/h5,7-8H,2-4,6,9-10H2,1H3. The van der Waals surface area contributed by atoms with Crippen molar-refractivity contribution in [2.45, 2.75) is 50.1 Å². The van der Waals surface area contributed by atoms with Gasteiger partial charge < -0.3 is 0 Å². The van der Waals surface area contributed by atoms with Crippen LogP contribution >= 0.6 is 34.7 Å². The first-order chi connectivity index (χ1) is 12.6. The van der Waals surface area contributed by atoms with Crippen LogP contribution in [0.2, 0.25) is 5.02 Å². The highest BCUT2D eigenvalue weighted by atomic mass is 35.5. The molecular formula is C19H18ClFN2OS2. The molecule has 1 aliphatic carbocycles. The fourth-order valence-electron chi connectivity index (χ4n) is 3.42. The molecule has 0 spiro atoms. The molecule has 0 N–H and O–H groups in total. The quantitative estimate of drug-likeness (QED) is 0.425. The fraction of sp³-hybridized carbons (Fsp3) is 0.368. The van der Waals surface area contributed by atoms with Crippen LogP contribution in [0, 0.1) is 5.82 Å². The summed E-state index contributed by atoms with van der Waals surface area (Å²) in [7, 11) is 0. The molecule has 136 valence electrons. The minimum atomic E-state index is -0.330. The normalized spacial score (nSPS) is 14.0. The van der Waals surface area contributed by atoms with Gasteiger partial charge in [0.2, 0.25) is 0 Å². The third-order valence-corrected chi connectivity index (χ3v) is 7.31. The maximum absolute atomic E-state index is 14.0. The van der Waals surface area contributed by atoms with Gasteiger partial charge in [0.15, 0.2) is 5.16 Å². The molecule has 1 aromatic carbocycles. The van der Waals surface area contributed by atoms with E-state index in [-0.39, 0.29) is 11.4 Å². The van der Waals surface area contributed by atoms with Crippen LogP contribution in [0.15, 0.2) is 28.2 Å². The van der Waals surface area contributed by atoms with E-state index < -0.39 is 0 Å². The molecule has 3 nitrogen and oxygen atoms in total. The molecule has 0 saturated carbocycles. The van der Waals surface area contributed by atoms with E-state index in [9.17, 15) is 9.18 Å². The van der Waals surface area contributed by atoms with Crippen LogP contribution in [0.1, 0.15) is 35.8 Å². The monoisotopic (exact) mass is 408 g/mol. The predicted octanol–water partition coefficient (Wildman–Crippen LogP) is 5.44. The molecule has 0 radical (unpaired) electrons. The first kappa shape index (κ1) is 18.0. The molecule has 7 heteroatoms. The third kappa shape index (κ3) is 3.08. The number of fused-ring (bicyclic) bond motifs is 3. The average molecular weight is 409 g/mol. The van der Waals surface area contributed by atoms with Gasteiger partial charge in [-0.25, -0.2) is 9.37 Å². The summed E-state index contributed by atoms with van der Waals surface area (Å²) < 4.78 is 15.7. The third-order valence-electron chi connectivity index (χ3n) is 4.76. The lowest BCUT2D eigenvalue weighted by atomic mass is 9.97. The maximum atomic E-state index is 14.0. The van der Waals surface area contributed by atoms with Crippen molar-refractivity contribution in [2.75, 3.05) is 0 Å². The highest BCUT2D eigenvalue weighted by molar-refractivity contribution is 7.98. The number of aryl methyl sites for hydroxylation is 2. The Morgan fingerprint density at radius 2 is 2.15 bits per heavy atom. The van der Waals surface area contributed by atoms with E-state index in [0.717, 1.165) is 29.5 Å². The molecule has 1 aliphatic rings. The molecule has 0 atom stereocenters. The summed E-state index contributed by atoms with van der Waals surface area (Å²) in [5, 5.41) is 1.82. The zero-order valence-electron chi connectivity index (χ0n) is 14.3. The van der Waals surface area contributed by atoms with Crippen molar-refractivity contribution in [1.29, 1.82) is 0 Å². The van der Waals surface area contributed by atoms with Crippen LogP contribution in [-0.4, -0.2) is 9.55 Å². The summed E-state index contributed by atoms with van der Waals surface area (Å²) in [6.45, 7) is 2.48. The predicted molar refractivity (Wildman–Crippen MR) is 107 cm³/mol. The SMILES string of the molecule is CCn1c(SCc2c(F)cccc2Cl)nc2sc3c(c2c1=O)CCCC3. The van der Waals surface area contributed by atoms with Crippen molar-refractivity contribution in [1.82, 2.24) is 9.55 Å². The average Bonchev–Trinajstić information content (AvgIpc) is 3.00. The first-order valence-corrected chi connectivity index (χ1v) is 10.9. The van der Waals surface area contributed by atoms with Gasteiger partial charge in [-0.2, -0.15) is 0 Å². The lowest BCUT2D eigenvalue weighted by Crippen LogP contribution is -2.23. The van der Waals surface area contributed by atoms with Crippen molar-refractivity contribution in [3.05, 3.63) is 55.4 Å². The van der Waals surface area contributed by atoms with E-state index in [2.05, 4.69) is 0 Å². The Kier molecular flexibility index (Phi) is 5.08. The molecule has 4 rings (SSSR count). The highest BCUT2D eigenvalue weighted by Gasteiger charge is 2.22. The largest absolute Gasteiger partial charge is 0.287 e. The lowest BCUT2D eigenvalue weighted by molar-refractivity contribution is 0.616. The van der Waals surface area contributed by atoms with Gasteiger partial charge in [-0.05, 0) is 50.3 Å². The summed E-state index contributed by atoms with van der Waals surface area (Å²) in [5.41, 5.74) is 1.67. The molecule has 0 aliphatic heterocycles. The number of thiophene rings is 1. The van der Waals surface area contributed by atoms with Gasteiger partial charge in [-0.3, -0.25) is 9.36 Å². The molecular weight excluding hydrogens is 391 g/mol. The van der Waals surface area contributed by atoms with Crippen molar-refractivity contribution in [3.63, 3.8) is 0 Å². The van der Waals surface area contributed by atoms with E-state index in [0.29, 0.717) is 28.0 Å². The van der Waals surface area contributed by atoms with Crippen LogP contribution in [0.3, 0.4) is 0 Å². The highest BCUT2D eigenvalue weighted by Crippen LogP contribution is 2.35. The Balaban J connectivity index is 1.76. The Morgan fingerprint density at radius 1 is 1.35 bits per heavy atom. The molecule has 0 saturated heterocycles. The summed E-state index contributed by atoms with van der Waals surface area (Å²) in [5.74, 6) is 0.0113. The molecule has 0 fully saturated rings. The molecule has 2 aromatic heterocycles. The van der Waals surface area contributed by atoms with Crippen molar-refractivity contribution >= 4 is 44.9 Å². The second kappa shape index (κ2) is 7.33. The van der Waals surface area contributed by atoms with Crippen LogP contribution in [0.25, 0.3) is 10.2 Å². The van der Waals surface area contributed by atoms with Crippen molar-refractivity contribution in [2.24, 2.45) is 0 Å². The summed E-state index contributed by atoms with van der Waals surface area (Å²) >= 11 is 9.12. The zero-order valence-corrected chi connectivity index (χ0v) is 16.7. The molecule has 0 unspecified atom stereocenters. The first-order valence-electron chi connectivity index (χ1n) is 8.71. The van der Waals surface area contributed by atoms with Gasteiger partial charge in [0.05, 0.1) is 5.39 Å². The van der Waals surface area contributed by atoms with Crippen molar-refractivity contribution in [3.8, 4) is 0 Å². The van der Waals surface area contributed by atoms with Gasteiger partial charge in [-0.1, -0.05) is 29.4 Å². The van der Waals surface area contributed by atoms with E-state index in [1.807, 2.05) is 6.92 Å². The fourth-order valence-corrected chi connectivity index (χ4v) is 6.12. The second-order valence-corrected chi connectivity index (χ2v) is 8.76. The zero-order chi connectivity index (χ0) is 18.3. The van der Waals surface area contributed by atoms with Gasteiger partial charge in [0.25, 0.3) is 5.56 Å². The second-order valence-electron chi connectivity index (χ2n) is 6.32. The summed E-state index contributed by atoms with van der Waals surface area (Å²) in [6, 6.07) is 4.67. The number of nitrogens with zero attached hydrogens (tertiary/aromatic N) is 2. The van der Waals surface area contributed by atoms with E-state index in [4.69, 9.17) is 16.6 Å². The van der Waals surface area contributed by atoms with E-state index >= 15 is 0 Å². The number of rotatable bonds is 4. The number of thioether (sulfide) groups is 1. The Labute approximate surface area is 164 Å². The van der Waals surface area contributed by atoms with Gasteiger partial charge in [0, 0.05) is 27.8 Å². The van der Waals surface area contributed by atoms with Crippen LogP contribution in [0.4, 0.5) is 4.39 Å². The molecule has 0 bridgehead atoms. The smallest absolute Gasteiger partial charge is 0.263 e. The topological polar surface area (TPSA) is 34.9 Å². The number of hydrogen-bond acceptors (Lipinski definition) is 4. The van der Waals surface area contributed by atoms with Crippen LogP contribution in [-0.2, 0) is 25.1 Å². The molecule has 3 aromatic rings.